The van der Waals surface area contributed by atoms with Crippen LogP contribution in [-0.2, 0) is 0 Å². The Bertz CT molecular complexity index is 221. The summed E-state index contributed by atoms with van der Waals surface area (Å²) < 4.78 is 0. The summed E-state index contributed by atoms with van der Waals surface area (Å²) in [4.78, 5) is 2.65. The zero-order valence-electron chi connectivity index (χ0n) is 10.3. The Labute approximate surface area is 99.0 Å². The zero-order valence-corrected chi connectivity index (χ0v) is 10.3. The first kappa shape index (κ1) is 11.0. The Kier molecular flexibility index (Phi) is 3.21. The molecule has 0 spiro atoms. The molecule has 0 saturated heterocycles. The van der Waals surface area contributed by atoms with E-state index >= 15 is 0 Å². The van der Waals surface area contributed by atoms with E-state index in [9.17, 15) is 5.11 Å². The van der Waals surface area contributed by atoms with Crippen LogP contribution in [0.3, 0.4) is 0 Å². The van der Waals surface area contributed by atoms with Gasteiger partial charge in [-0.2, -0.15) is 0 Å². The monoisotopic (exact) mass is 223 g/mol. The van der Waals surface area contributed by atoms with Gasteiger partial charge in [0.1, 0.15) is 0 Å². The van der Waals surface area contributed by atoms with E-state index in [1.807, 2.05) is 0 Å². The lowest BCUT2D eigenvalue weighted by atomic mass is 9.91. The lowest BCUT2D eigenvalue weighted by Gasteiger charge is -2.38. The predicted octanol–water partition coefficient (Wildman–Crippen LogP) is 2.41. The molecule has 3 saturated carbocycles. The van der Waals surface area contributed by atoms with Crippen molar-refractivity contribution in [1.29, 1.82) is 0 Å². The third kappa shape index (κ3) is 2.78. The maximum Gasteiger partial charge on any atom is 0.0695 e. The van der Waals surface area contributed by atoms with Gasteiger partial charge in [-0.25, -0.2) is 0 Å². The first-order valence-electron chi connectivity index (χ1n) is 7.25. The maximum atomic E-state index is 10.2. The van der Waals surface area contributed by atoms with E-state index in [0.29, 0.717) is 6.04 Å². The Morgan fingerprint density at radius 1 is 0.812 bits per heavy atom. The highest BCUT2D eigenvalue weighted by molar-refractivity contribution is 4.89. The van der Waals surface area contributed by atoms with E-state index in [2.05, 4.69) is 4.90 Å². The van der Waals surface area contributed by atoms with Gasteiger partial charge in [-0.15, -0.1) is 0 Å². The molecule has 0 unspecified atom stereocenters. The Morgan fingerprint density at radius 3 is 1.88 bits per heavy atom. The van der Waals surface area contributed by atoms with Gasteiger partial charge in [0.2, 0.25) is 0 Å². The molecule has 0 amide bonds. The Balaban J connectivity index is 1.59. The quantitative estimate of drug-likeness (QED) is 0.773. The molecule has 0 aliphatic heterocycles. The van der Waals surface area contributed by atoms with Crippen molar-refractivity contribution < 1.29 is 5.11 Å². The summed E-state index contributed by atoms with van der Waals surface area (Å²) in [5, 5.41) is 10.2. The number of rotatable bonds is 5. The fourth-order valence-electron chi connectivity index (χ4n) is 3.13. The summed E-state index contributed by atoms with van der Waals surface area (Å²) in [6, 6.07) is 0.495. The van der Waals surface area contributed by atoms with Crippen molar-refractivity contribution in [2.75, 3.05) is 13.1 Å². The van der Waals surface area contributed by atoms with Crippen molar-refractivity contribution >= 4 is 0 Å². The Hall–Kier alpha value is -0.0800. The molecule has 92 valence electrons. The highest BCUT2D eigenvalue weighted by Gasteiger charge is 2.35. The molecule has 3 aliphatic rings. The van der Waals surface area contributed by atoms with Crippen LogP contribution in [0.5, 0.6) is 0 Å². The highest BCUT2D eigenvalue weighted by atomic mass is 16.3. The van der Waals surface area contributed by atoms with Crippen LogP contribution in [0.4, 0.5) is 0 Å². The smallest absolute Gasteiger partial charge is 0.0695 e. The SMILES string of the molecule is O[C@H]1CCCC[C@@H]1N(CC1CC1)CC1CC1. The first-order chi connectivity index (χ1) is 7.83. The molecular formula is C14H25NO. The van der Waals surface area contributed by atoms with Gasteiger partial charge in [-0.3, -0.25) is 4.90 Å². The van der Waals surface area contributed by atoms with Gasteiger partial charge >= 0.3 is 0 Å². The molecule has 3 rings (SSSR count). The van der Waals surface area contributed by atoms with Crippen molar-refractivity contribution in [3.05, 3.63) is 0 Å². The second kappa shape index (κ2) is 4.66. The standard InChI is InChI=1S/C14H25NO/c16-14-4-2-1-3-13(14)15(9-11-5-6-11)10-12-7-8-12/h11-14,16H,1-10H2/t13-,14-/m0/s1. The molecule has 0 heterocycles. The number of aliphatic hydroxyl groups is 1. The zero-order chi connectivity index (χ0) is 11.0. The van der Waals surface area contributed by atoms with E-state index in [4.69, 9.17) is 0 Å². The van der Waals surface area contributed by atoms with Crippen molar-refractivity contribution in [2.24, 2.45) is 11.8 Å². The predicted molar refractivity (Wildman–Crippen MR) is 65.3 cm³/mol. The van der Waals surface area contributed by atoms with E-state index in [1.54, 1.807) is 0 Å². The van der Waals surface area contributed by atoms with Crippen molar-refractivity contribution in [3.63, 3.8) is 0 Å². The molecule has 3 aliphatic carbocycles. The van der Waals surface area contributed by atoms with Crippen molar-refractivity contribution in [3.8, 4) is 0 Å². The molecule has 0 aromatic carbocycles. The summed E-state index contributed by atoms with van der Waals surface area (Å²) in [5.41, 5.74) is 0. The molecule has 3 fully saturated rings. The molecule has 0 radical (unpaired) electrons. The number of hydrogen-bond donors (Lipinski definition) is 1. The van der Waals surface area contributed by atoms with E-state index in [-0.39, 0.29) is 6.10 Å². The van der Waals surface area contributed by atoms with Crippen molar-refractivity contribution in [1.82, 2.24) is 4.90 Å². The van der Waals surface area contributed by atoms with E-state index in [1.165, 1.54) is 58.0 Å². The summed E-state index contributed by atoms with van der Waals surface area (Å²) in [6.45, 7) is 2.55. The molecule has 0 aromatic rings. The molecule has 0 bridgehead atoms. The minimum absolute atomic E-state index is 0.0359. The molecular weight excluding hydrogens is 198 g/mol. The third-order valence-electron chi connectivity index (χ3n) is 4.54. The lowest BCUT2D eigenvalue weighted by molar-refractivity contribution is 0.0153. The van der Waals surface area contributed by atoms with Crippen LogP contribution in [0.25, 0.3) is 0 Å². The molecule has 0 aromatic heterocycles. The topological polar surface area (TPSA) is 23.5 Å². The Morgan fingerprint density at radius 2 is 1.38 bits per heavy atom. The number of hydrogen-bond acceptors (Lipinski definition) is 2. The molecule has 1 N–H and O–H groups in total. The summed E-state index contributed by atoms with van der Waals surface area (Å²) >= 11 is 0. The normalized spacial score (nSPS) is 35.6. The van der Waals surface area contributed by atoms with Crippen LogP contribution in [0.15, 0.2) is 0 Å². The maximum absolute atomic E-state index is 10.2. The minimum Gasteiger partial charge on any atom is -0.391 e. The fraction of sp³-hybridized carbons (Fsp3) is 1.00. The van der Waals surface area contributed by atoms with Crippen LogP contribution in [0.1, 0.15) is 51.4 Å². The first-order valence-corrected chi connectivity index (χ1v) is 7.25. The summed E-state index contributed by atoms with van der Waals surface area (Å²) in [7, 11) is 0. The largest absolute Gasteiger partial charge is 0.391 e. The van der Waals surface area contributed by atoms with Gasteiger partial charge in [-0.1, -0.05) is 12.8 Å². The highest BCUT2D eigenvalue weighted by Crippen LogP contribution is 2.36. The molecule has 2 heteroatoms. The van der Waals surface area contributed by atoms with Crippen LogP contribution in [0.2, 0.25) is 0 Å². The van der Waals surface area contributed by atoms with E-state index in [0.717, 1.165) is 18.3 Å². The third-order valence-corrected chi connectivity index (χ3v) is 4.54. The second-order valence-corrected chi connectivity index (χ2v) is 6.26. The number of aliphatic hydroxyl groups excluding tert-OH is 1. The summed E-state index contributed by atoms with van der Waals surface area (Å²) in [5.74, 6) is 1.93. The van der Waals surface area contributed by atoms with Crippen LogP contribution < -0.4 is 0 Å². The van der Waals surface area contributed by atoms with Gasteiger partial charge < -0.3 is 5.11 Å². The van der Waals surface area contributed by atoms with Crippen LogP contribution in [-0.4, -0.2) is 35.2 Å². The van der Waals surface area contributed by atoms with Crippen molar-refractivity contribution in [2.45, 2.75) is 63.5 Å². The van der Waals surface area contributed by atoms with Gasteiger partial charge in [0, 0.05) is 19.1 Å². The van der Waals surface area contributed by atoms with Crippen LogP contribution in [0, 0.1) is 11.8 Å². The van der Waals surface area contributed by atoms with Gasteiger partial charge in [-0.05, 0) is 50.4 Å². The molecule has 2 atom stereocenters. The van der Waals surface area contributed by atoms with Gasteiger partial charge in [0.15, 0.2) is 0 Å². The fourth-order valence-corrected chi connectivity index (χ4v) is 3.13. The lowest BCUT2D eigenvalue weighted by Crippen LogP contribution is -2.47. The van der Waals surface area contributed by atoms with Gasteiger partial charge in [0.05, 0.1) is 6.10 Å². The number of nitrogens with zero attached hydrogens (tertiary/aromatic N) is 1. The van der Waals surface area contributed by atoms with Crippen LogP contribution >= 0.6 is 0 Å². The molecule has 16 heavy (non-hydrogen) atoms. The van der Waals surface area contributed by atoms with Gasteiger partial charge in [0.25, 0.3) is 0 Å². The average molecular weight is 223 g/mol. The molecule has 2 nitrogen and oxygen atoms in total. The minimum atomic E-state index is -0.0359. The second-order valence-electron chi connectivity index (χ2n) is 6.26. The van der Waals surface area contributed by atoms with E-state index < -0.39 is 0 Å². The average Bonchev–Trinajstić information content (AvgIpc) is 3.12. The summed E-state index contributed by atoms with van der Waals surface area (Å²) in [6.07, 6.45) is 10.5.